The molecule has 1 aromatic rings. The first-order valence-corrected chi connectivity index (χ1v) is 8.34. The molecule has 2 amide bonds. The fourth-order valence-electron chi connectivity index (χ4n) is 2.46. The fourth-order valence-corrected chi connectivity index (χ4v) is 2.55. The Balaban J connectivity index is 1.85. The normalized spacial score (nSPS) is 20.0. The Bertz CT molecular complexity index is 669. The molecule has 0 bridgehead atoms. The molecule has 144 valence electrons. The summed E-state index contributed by atoms with van der Waals surface area (Å²) in [6.45, 7) is -0.0839. The quantitative estimate of drug-likeness (QED) is 0.573. The molecule has 5 nitrogen and oxygen atoms in total. The van der Waals surface area contributed by atoms with Gasteiger partial charge >= 0.3 is 6.18 Å². The molecule has 2 N–H and O–H groups in total. The standard InChI is InChI=1S/C16H17ClF4N2O3/c17-6-14(24)22-7-9-1-2-10(11(18)5-9)8-23-15(25)12-3-4-13(26-12)16(19,20)21/h1-2,5,12-13H,3-4,6-8H2,(H,22,24)(H,23,25)/t12-,13+/m0/s1. The van der Waals surface area contributed by atoms with E-state index in [-0.39, 0.29) is 37.4 Å². The number of carbonyl (C=O) groups is 2. The van der Waals surface area contributed by atoms with Gasteiger partial charge in [-0.3, -0.25) is 9.59 Å². The Kier molecular flexibility index (Phi) is 6.82. The zero-order valence-electron chi connectivity index (χ0n) is 13.5. The van der Waals surface area contributed by atoms with Crippen molar-refractivity contribution in [3.05, 3.63) is 35.1 Å². The van der Waals surface area contributed by atoms with Gasteiger partial charge in [0, 0.05) is 18.7 Å². The lowest BCUT2D eigenvalue weighted by Crippen LogP contribution is -2.36. The number of benzene rings is 1. The van der Waals surface area contributed by atoms with Crippen molar-refractivity contribution < 1.29 is 31.9 Å². The van der Waals surface area contributed by atoms with Crippen LogP contribution in [0.15, 0.2) is 18.2 Å². The number of nitrogens with one attached hydrogen (secondary N) is 2. The van der Waals surface area contributed by atoms with Crippen molar-refractivity contribution in [1.29, 1.82) is 0 Å². The summed E-state index contributed by atoms with van der Waals surface area (Å²) in [6, 6.07) is 4.18. The molecule has 0 unspecified atom stereocenters. The monoisotopic (exact) mass is 396 g/mol. The minimum atomic E-state index is -4.50. The molecule has 1 aliphatic rings. The lowest BCUT2D eigenvalue weighted by Gasteiger charge is -2.16. The zero-order chi connectivity index (χ0) is 19.3. The molecule has 2 rings (SSSR count). The maximum absolute atomic E-state index is 14.0. The van der Waals surface area contributed by atoms with Crippen LogP contribution in [-0.2, 0) is 27.4 Å². The van der Waals surface area contributed by atoms with Gasteiger partial charge in [-0.15, -0.1) is 11.6 Å². The average Bonchev–Trinajstić information content (AvgIpc) is 3.09. The highest BCUT2D eigenvalue weighted by molar-refractivity contribution is 6.27. The van der Waals surface area contributed by atoms with Crippen LogP contribution in [-0.4, -0.2) is 36.1 Å². The largest absolute Gasteiger partial charge is 0.414 e. The highest BCUT2D eigenvalue weighted by atomic mass is 35.5. The maximum atomic E-state index is 14.0. The molecule has 26 heavy (non-hydrogen) atoms. The van der Waals surface area contributed by atoms with E-state index in [2.05, 4.69) is 10.6 Å². The third kappa shape index (κ3) is 5.57. The Morgan fingerprint density at radius 3 is 2.50 bits per heavy atom. The number of ether oxygens (including phenoxy) is 1. The van der Waals surface area contributed by atoms with E-state index < -0.39 is 36.0 Å². The second-order valence-corrected chi connectivity index (χ2v) is 6.05. The van der Waals surface area contributed by atoms with Crippen LogP contribution in [0.2, 0.25) is 0 Å². The van der Waals surface area contributed by atoms with E-state index >= 15 is 0 Å². The summed E-state index contributed by atoms with van der Waals surface area (Å²) in [5.41, 5.74) is 0.666. The van der Waals surface area contributed by atoms with Crippen molar-refractivity contribution in [2.24, 2.45) is 0 Å². The summed E-state index contributed by atoms with van der Waals surface area (Å²) in [7, 11) is 0. The summed E-state index contributed by atoms with van der Waals surface area (Å²) in [6.07, 6.45) is -7.97. The van der Waals surface area contributed by atoms with E-state index in [0.717, 1.165) is 0 Å². The SMILES string of the molecule is O=C(CCl)NCc1ccc(CNC(=O)[C@@H]2CC[C@H](C(F)(F)F)O2)c(F)c1. The number of amides is 2. The van der Waals surface area contributed by atoms with Gasteiger partial charge in [0.1, 0.15) is 17.8 Å². The fraction of sp³-hybridized carbons (Fsp3) is 0.500. The summed E-state index contributed by atoms with van der Waals surface area (Å²) in [5.74, 6) is -1.92. The molecule has 2 atom stereocenters. The maximum Gasteiger partial charge on any atom is 0.414 e. The molecule has 1 heterocycles. The molecule has 1 saturated heterocycles. The third-order valence-electron chi connectivity index (χ3n) is 3.86. The predicted octanol–water partition coefficient (Wildman–Crippen LogP) is 2.41. The van der Waals surface area contributed by atoms with Gasteiger partial charge in [-0.2, -0.15) is 13.2 Å². The topological polar surface area (TPSA) is 67.4 Å². The average molecular weight is 397 g/mol. The summed E-state index contributed by atoms with van der Waals surface area (Å²) >= 11 is 5.33. The number of alkyl halides is 4. The van der Waals surface area contributed by atoms with Crippen LogP contribution in [0.1, 0.15) is 24.0 Å². The van der Waals surface area contributed by atoms with Crippen molar-refractivity contribution in [2.75, 3.05) is 5.88 Å². The van der Waals surface area contributed by atoms with Crippen LogP contribution in [0.4, 0.5) is 17.6 Å². The van der Waals surface area contributed by atoms with Crippen LogP contribution in [0.25, 0.3) is 0 Å². The molecule has 10 heteroatoms. The van der Waals surface area contributed by atoms with Crippen molar-refractivity contribution in [2.45, 2.75) is 44.3 Å². The van der Waals surface area contributed by atoms with E-state index in [1.807, 2.05) is 0 Å². The third-order valence-corrected chi connectivity index (χ3v) is 4.10. The summed E-state index contributed by atoms with van der Waals surface area (Å²) in [4.78, 5) is 23.0. The highest BCUT2D eigenvalue weighted by Crippen LogP contribution is 2.33. The van der Waals surface area contributed by atoms with Crippen molar-refractivity contribution in [1.82, 2.24) is 10.6 Å². The lowest BCUT2D eigenvalue weighted by molar-refractivity contribution is -0.214. The van der Waals surface area contributed by atoms with E-state index in [9.17, 15) is 27.2 Å². The van der Waals surface area contributed by atoms with Crippen LogP contribution < -0.4 is 10.6 Å². The minimum Gasteiger partial charge on any atom is -0.356 e. The Morgan fingerprint density at radius 2 is 1.92 bits per heavy atom. The van der Waals surface area contributed by atoms with Gasteiger partial charge in [0.25, 0.3) is 0 Å². The van der Waals surface area contributed by atoms with Crippen molar-refractivity contribution in [3.63, 3.8) is 0 Å². The lowest BCUT2D eigenvalue weighted by atomic mass is 10.1. The summed E-state index contributed by atoms with van der Waals surface area (Å²) in [5, 5.41) is 4.86. The van der Waals surface area contributed by atoms with Gasteiger partial charge in [0.15, 0.2) is 6.10 Å². The summed E-state index contributed by atoms with van der Waals surface area (Å²) < 4.78 is 56.3. The molecule has 0 radical (unpaired) electrons. The van der Waals surface area contributed by atoms with Crippen LogP contribution in [0, 0.1) is 5.82 Å². The Hall–Kier alpha value is -1.87. The van der Waals surface area contributed by atoms with Crippen molar-refractivity contribution in [3.8, 4) is 0 Å². The smallest absolute Gasteiger partial charge is 0.356 e. The second-order valence-electron chi connectivity index (χ2n) is 5.79. The minimum absolute atomic E-state index is 0.0439. The van der Waals surface area contributed by atoms with Gasteiger partial charge in [-0.05, 0) is 24.5 Å². The van der Waals surface area contributed by atoms with Gasteiger partial charge < -0.3 is 15.4 Å². The molecule has 0 saturated carbocycles. The Morgan fingerprint density at radius 1 is 1.19 bits per heavy atom. The zero-order valence-corrected chi connectivity index (χ0v) is 14.3. The van der Waals surface area contributed by atoms with Gasteiger partial charge in [0.05, 0.1) is 0 Å². The molecular formula is C16H17ClF4N2O3. The van der Waals surface area contributed by atoms with E-state index in [1.54, 1.807) is 6.07 Å². The van der Waals surface area contributed by atoms with E-state index in [4.69, 9.17) is 16.3 Å². The molecule has 0 aromatic heterocycles. The Labute approximate surface area is 152 Å². The number of halogens is 5. The predicted molar refractivity (Wildman–Crippen MR) is 84.8 cm³/mol. The van der Waals surface area contributed by atoms with Crippen LogP contribution in [0.5, 0.6) is 0 Å². The molecule has 1 aromatic carbocycles. The van der Waals surface area contributed by atoms with Crippen molar-refractivity contribution >= 4 is 23.4 Å². The number of rotatable bonds is 6. The van der Waals surface area contributed by atoms with Gasteiger partial charge in [-0.1, -0.05) is 12.1 Å². The number of hydrogen-bond acceptors (Lipinski definition) is 3. The van der Waals surface area contributed by atoms with Gasteiger partial charge in [0.2, 0.25) is 11.8 Å². The van der Waals surface area contributed by atoms with Crippen LogP contribution in [0.3, 0.4) is 0 Å². The van der Waals surface area contributed by atoms with Gasteiger partial charge in [-0.25, -0.2) is 4.39 Å². The highest BCUT2D eigenvalue weighted by Gasteiger charge is 2.47. The second kappa shape index (κ2) is 8.68. The first kappa shape index (κ1) is 20.4. The molecule has 0 aliphatic carbocycles. The molecule has 0 spiro atoms. The van der Waals surface area contributed by atoms with E-state index in [0.29, 0.717) is 5.56 Å². The van der Waals surface area contributed by atoms with Crippen LogP contribution >= 0.6 is 11.6 Å². The molecule has 1 fully saturated rings. The number of hydrogen-bond donors (Lipinski definition) is 2. The first-order chi connectivity index (χ1) is 12.2. The first-order valence-electron chi connectivity index (χ1n) is 7.80. The van der Waals surface area contributed by atoms with E-state index in [1.165, 1.54) is 12.1 Å². The molecular weight excluding hydrogens is 380 g/mol. The number of carbonyl (C=O) groups excluding carboxylic acids is 2. The molecule has 1 aliphatic heterocycles.